The Labute approximate surface area is 107 Å². The van der Waals surface area contributed by atoms with Crippen LogP contribution >= 0.6 is 11.6 Å². The molecule has 0 spiro atoms. The third kappa shape index (κ3) is 2.95. The van der Waals surface area contributed by atoms with Crippen LogP contribution in [0.3, 0.4) is 0 Å². The summed E-state index contributed by atoms with van der Waals surface area (Å²) in [6.07, 6.45) is 0.910. The third-order valence-corrected chi connectivity index (χ3v) is 3.04. The maximum atomic E-state index is 9.83. The highest BCUT2D eigenvalue weighted by Crippen LogP contribution is 2.27. The van der Waals surface area contributed by atoms with Crippen molar-refractivity contribution in [3.8, 4) is 5.75 Å². The monoisotopic (exact) mass is 254 g/mol. The molecule has 1 aliphatic rings. The molecule has 5 heteroatoms. The molecule has 0 bridgehead atoms. The fourth-order valence-electron chi connectivity index (χ4n) is 2.17. The van der Waals surface area contributed by atoms with E-state index in [0.717, 1.165) is 6.42 Å². The molecule has 1 heterocycles. The van der Waals surface area contributed by atoms with Gasteiger partial charge in [0.1, 0.15) is 5.75 Å². The summed E-state index contributed by atoms with van der Waals surface area (Å²) in [5.74, 6) is 0.143. The molecule has 0 amide bonds. The van der Waals surface area contributed by atoms with Crippen LogP contribution in [0.5, 0.6) is 5.75 Å². The Hall–Kier alpha value is -0.705. The molecule has 1 aromatic rings. The number of halogens is 1. The summed E-state index contributed by atoms with van der Waals surface area (Å²) < 4.78 is 11.5. The summed E-state index contributed by atoms with van der Waals surface area (Å²) in [4.78, 5) is 0. The Morgan fingerprint density at radius 2 is 2.18 bits per heavy atom. The minimum atomic E-state index is -0.563. The van der Waals surface area contributed by atoms with Crippen molar-refractivity contribution >= 4 is 24.2 Å². The first-order chi connectivity index (χ1) is 7.87. The van der Waals surface area contributed by atoms with Gasteiger partial charge >= 0.3 is 7.12 Å². The number of benzene rings is 1. The maximum Gasteiger partial charge on any atom is 0.498 e. The summed E-state index contributed by atoms with van der Waals surface area (Å²) >= 11 is 5.92. The Morgan fingerprint density at radius 3 is 2.82 bits per heavy atom. The molecule has 92 valence electrons. The van der Waals surface area contributed by atoms with Crippen LogP contribution in [0, 0.1) is 0 Å². The fraction of sp³-hybridized carbons (Fsp3) is 0.500. The van der Waals surface area contributed by atoms with Crippen LogP contribution in [0.2, 0.25) is 5.02 Å². The van der Waals surface area contributed by atoms with Gasteiger partial charge in [0, 0.05) is 16.6 Å². The molecular weight excluding hydrogens is 238 g/mol. The summed E-state index contributed by atoms with van der Waals surface area (Å²) in [7, 11) is -0.563. The summed E-state index contributed by atoms with van der Waals surface area (Å²) in [6, 6.07) is 4.87. The molecule has 0 aliphatic carbocycles. The van der Waals surface area contributed by atoms with E-state index >= 15 is 0 Å². The third-order valence-electron chi connectivity index (χ3n) is 2.80. The van der Waals surface area contributed by atoms with Crippen LogP contribution in [0.1, 0.15) is 27.2 Å². The van der Waals surface area contributed by atoms with E-state index in [4.69, 9.17) is 20.9 Å². The predicted molar refractivity (Wildman–Crippen MR) is 68.8 cm³/mol. The zero-order valence-corrected chi connectivity index (χ0v) is 11.0. The molecule has 17 heavy (non-hydrogen) atoms. The maximum absolute atomic E-state index is 9.83. The van der Waals surface area contributed by atoms with Crippen LogP contribution < -0.4 is 5.46 Å². The van der Waals surface area contributed by atoms with Gasteiger partial charge in [-0.2, -0.15) is 0 Å². The van der Waals surface area contributed by atoms with E-state index in [1.165, 1.54) is 0 Å². The van der Waals surface area contributed by atoms with Crippen molar-refractivity contribution in [1.29, 1.82) is 0 Å². The van der Waals surface area contributed by atoms with Gasteiger partial charge in [0.2, 0.25) is 0 Å². The highest BCUT2D eigenvalue weighted by atomic mass is 35.5. The van der Waals surface area contributed by atoms with E-state index in [2.05, 4.69) is 0 Å². The predicted octanol–water partition coefficient (Wildman–Crippen LogP) is 2.34. The molecule has 0 radical (unpaired) electrons. The normalized spacial score (nSPS) is 23.8. The average Bonchev–Trinajstić information content (AvgIpc) is 2.18. The van der Waals surface area contributed by atoms with Crippen LogP contribution in [-0.2, 0) is 9.31 Å². The van der Waals surface area contributed by atoms with E-state index in [-0.39, 0.29) is 17.5 Å². The van der Waals surface area contributed by atoms with E-state index < -0.39 is 7.12 Å². The minimum Gasteiger partial charge on any atom is -0.508 e. The second-order valence-corrected chi connectivity index (χ2v) is 5.50. The van der Waals surface area contributed by atoms with E-state index in [1.807, 2.05) is 20.8 Å². The number of phenolic OH excluding ortho intramolecular Hbond substituents is 1. The molecule has 2 rings (SSSR count). The van der Waals surface area contributed by atoms with Crippen LogP contribution in [-0.4, -0.2) is 23.9 Å². The zero-order chi connectivity index (χ0) is 12.6. The van der Waals surface area contributed by atoms with Gasteiger partial charge in [0.15, 0.2) is 0 Å². The van der Waals surface area contributed by atoms with Crippen molar-refractivity contribution < 1.29 is 14.4 Å². The number of rotatable bonds is 1. The fourth-order valence-corrected chi connectivity index (χ4v) is 2.35. The lowest BCUT2D eigenvalue weighted by atomic mass is 9.74. The molecular formula is C12H16BClO3. The Kier molecular flexibility index (Phi) is 3.39. The Balaban J connectivity index is 2.30. The quantitative estimate of drug-likeness (QED) is 0.782. The van der Waals surface area contributed by atoms with Crippen molar-refractivity contribution in [3.05, 3.63) is 23.2 Å². The molecule has 1 aliphatic heterocycles. The van der Waals surface area contributed by atoms with Gasteiger partial charge in [-0.15, -0.1) is 0 Å². The van der Waals surface area contributed by atoms with Gasteiger partial charge in [0.05, 0.1) is 5.60 Å². The van der Waals surface area contributed by atoms with Crippen molar-refractivity contribution in [2.75, 3.05) is 0 Å². The first-order valence-electron chi connectivity index (χ1n) is 5.69. The number of hydrogen-bond donors (Lipinski definition) is 1. The van der Waals surface area contributed by atoms with Gasteiger partial charge in [-0.1, -0.05) is 11.6 Å². The molecule has 3 nitrogen and oxygen atoms in total. The molecule has 1 aromatic carbocycles. The molecule has 0 aromatic heterocycles. The second-order valence-electron chi connectivity index (χ2n) is 5.06. The highest BCUT2D eigenvalue weighted by Gasteiger charge is 2.39. The zero-order valence-electron chi connectivity index (χ0n) is 10.2. The summed E-state index contributed by atoms with van der Waals surface area (Å²) in [5.41, 5.74) is 0.314. The van der Waals surface area contributed by atoms with Gasteiger partial charge < -0.3 is 14.4 Å². The SMILES string of the molecule is CC1CC(C)(C)OB(c2cc(Cl)ccc2O)O1. The lowest BCUT2D eigenvalue weighted by Crippen LogP contribution is -2.51. The summed E-state index contributed by atoms with van der Waals surface area (Å²) in [5, 5.41) is 10.4. The van der Waals surface area contributed by atoms with Gasteiger partial charge in [-0.05, 0) is 45.4 Å². The molecule has 1 N–H and O–H groups in total. The topological polar surface area (TPSA) is 38.7 Å². The van der Waals surface area contributed by atoms with Crippen molar-refractivity contribution in [1.82, 2.24) is 0 Å². The molecule has 1 atom stereocenters. The van der Waals surface area contributed by atoms with E-state index in [0.29, 0.717) is 10.5 Å². The lowest BCUT2D eigenvalue weighted by molar-refractivity contribution is -0.0230. The van der Waals surface area contributed by atoms with E-state index in [9.17, 15) is 5.11 Å². The molecule has 1 unspecified atom stereocenters. The Morgan fingerprint density at radius 1 is 1.47 bits per heavy atom. The average molecular weight is 255 g/mol. The van der Waals surface area contributed by atoms with Crippen molar-refractivity contribution in [3.63, 3.8) is 0 Å². The molecule has 0 saturated carbocycles. The van der Waals surface area contributed by atoms with E-state index in [1.54, 1.807) is 18.2 Å². The van der Waals surface area contributed by atoms with Crippen LogP contribution in [0.4, 0.5) is 0 Å². The number of aromatic hydroxyl groups is 1. The molecule has 1 fully saturated rings. The minimum absolute atomic E-state index is 0.0853. The summed E-state index contributed by atoms with van der Waals surface area (Å²) in [6.45, 7) is 6.03. The number of phenols is 1. The highest BCUT2D eigenvalue weighted by molar-refractivity contribution is 6.63. The van der Waals surface area contributed by atoms with Crippen LogP contribution in [0.25, 0.3) is 0 Å². The lowest BCUT2D eigenvalue weighted by Gasteiger charge is -2.38. The van der Waals surface area contributed by atoms with Gasteiger partial charge in [-0.3, -0.25) is 0 Å². The van der Waals surface area contributed by atoms with Gasteiger partial charge in [-0.25, -0.2) is 0 Å². The Bertz CT molecular complexity index is 422. The number of hydrogen-bond acceptors (Lipinski definition) is 3. The van der Waals surface area contributed by atoms with Crippen molar-refractivity contribution in [2.45, 2.75) is 38.9 Å². The second kappa shape index (κ2) is 4.52. The van der Waals surface area contributed by atoms with Crippen molar-refractivity contribution in [2.24, 2.45) is 0 Å². The first-order valence-corrected chi connectivity index (χ1v) is 6.07. The smallest absolute Gasteiger partial charge is 0.498 e. The standard InChI is InChI=1S/C12H16BClO3/c1-8-7-12(2,3)17-13(16-8)10-6-9(14)4-5-11(10)15/h4-6,8,15H,7H2,1-3H3. The largest absolute Gasteiger partial charge is 0.508 e. The first kappa shape index (κ1) is 12.7. The molecule has 1 saturated heterocycles. The van der Waals surface area contributed by atoms with Gasteiger partial charge in [0.25, 0.3) is 0 Å². The van der Waals surface area contributed by atoms with Crippen LogP contribution in [0.15, 0.2) is 18.2 Å².